The van der Waals surface area contributed by atoms with E-state index in [4.69, 9.17) is 9.47 Å². The number of aliphatic hydroxyl groups excluding tert-OH is 5. The number of carbonyl (C=O) groups is 1. The topological polar surface area (TPSA) is 149 Å². The smallest absolute Gasteiger partial charge is 0.220 e. The SMILES string of the molecule is CC/C=C\C/C=C\C/C=C\C/C=C\C/C=C\C/C=C\CCCCCCCCCCC(=O)NC(COC1OC(CO)C(O)C(O)C1O)C(O)/C=C/CC/C=C/CCCCCCCCCCCCCCCCCCCCCCC. The summed E-state index contributed by atoms with van der Waals surface area (Å²) in [6, 6.07) is -0.835. The van der Waals surface area contributed by atoms with Gasteiger partial charge in [-0.3, -0.25) is 4.79 Å². The van der Waals surface area contributed by atoms with Crippen LogP contribution in [-0.4, -0.2) is 87.5 Å². The fourth-order valence-corrected chi connectivity index (χ4v) is 9.65. The van der Waals surface area contributed by atoms with Crippen molar-refractivity contribution in [2.75, 3.05) is 13.2 Å². The van der Waals surface area contributed by atoms with Crippen molar-refractivity contribution < 1.29 is 39.8 Å². The third-order valence-electron chi connectivity index (χ3n) is 14.6. The first kappa shape index (κ1) is 72.1. The molecule has 1 heterocycles. The average Bonchev–Trinajstić information content (AvgIpc) is 3.43. The molecular weight excluding hydrogens is 959 g/mol. The fourth-order valence-electron chi connectivity index (χ4n) is 9.65. The van der Waals surface area contributed by atoms with Gasteiger partial charge in [0.15, 0.2) is 6.29 Å². The van der Waals surface area contributed by atoms with Gasteiger partial charge in [-0.05, 0) is 83.5 Å². The summed E-state index contributed by atoms with van der Waals surface area (Å²) in [4.78, 5) is 13.1. The molecule has 9 heteroatoms. The Kier molecular flexibility index (Phi) is 52.8. The number of aliphatic hydroxyl groups is 5. The zero-order valence-electron chi connectivity index (χ0n) is 49.4. The molecule has 0 aromatic rings. The number of ether oxygens (including phenoxy) is 2. The second-order valence-electron chi connectivity index (χ2n) is 21.8. The van der Waals surface area contributed by atoms with E-state index in [1.165, 1.54) is 161 Å². The van der Waals surface area contributed by atoms with Crippen LogP contribution in [0.3, 0.4) is 0 Å². The third kappa shape index (κ3) is 45.5. The van der Waals surface area contributed by atoms with Crippen molar-refractivity contribution in [3.8, 4) is 0 Å². The molecule has 0 bridgehead atoms. The van der Waals surface area contributed by atoms with Crippen LogP contribution >= 0.6 is 0 Å². The van der Waals surface area contributed by atoms with Gasteiger partial charge in [0.2, 0.25) is 5.91 Å². The number of allylic oxidation sites excluding steroid dienone is 15. The highest BCUT2D eigenvalue weighted by Crippen LogP contribution is 2.23. The standard InChI is InChI=1S/C68H119NO8/c1-3-5-7-9-11-13-15-17-19-21-23-25-27-29-31-33-35-37-39-41-43-45-47-49-51-53-55-57-62(71)61(60-76-68-67(75)66(74)65(73)63(59-70)77-68)69-64(72)58-56-54-52-50-48-46-44-42-40-38-36-34-32-30-28-26-24-22-20-18-16-14-12-10-8-6-4-2/h6,8,12,14,18,20,24,26,30,32,36,38,47,49,55,57,61-63,65-68,70-71,73-75H,3-5,7,9-11,13,15-17,19,21-23,25,27-29,31,33-35,37,39-46,48,50-54,56,58-60H2,1-2H3,(H,69,72)/b8-6-,14-12-,20-18-,26-24-,32-30-,38-36-,49-47+,57-55+. The van der Waals surface area contributed by atoms with Crippen molar-refractivity contribution in [2.45, 2.75) is 314 Å². The summed E-state index contributed by atoms with van der Waals surface area (Å²) in [5, 5.41) is 54.6. The van der Waals surface area contributed by atoms with Crippen LogP contribution in [0.2, 0.25) is 0 Å². The molecule has 1 amide bonds. The Morgan fingerprint density at radius 2 is 0.818 bits per heavy atom. The minimum atomic E-state index is -1.58. The molecule has 0 aliphatic carbocycles. The highest BCUT2D eigenvalue weighted by molar-refractivity contribution is 5.76. The van der Waals surface area contributed by atoms with Crippen LogP contribution in [0.5, 0.6) is 0 Å². The van der Waals surface area contributed by atoms with Crippen LogP contribution in [0.4, 0.5) is 0 Å². The fraction of sp³-hybridized carbons (Fsp3) is 0.750. The van der Waals surface area contributed by atoms with Gasteiger partial charge in [0.25, 0.3) is 0 Å². The van der Waals surface area contributed by atoms with Gasteiger partial charge in [-0.2, -0.15) is 0 Å². The van der Waals surface area contributed by atoms with Gasteiger partial charge in [0.05, 0.1) is 25.4 Å². The molecule has 1 saturated heterocycles. The van der Waals surface area contributed by atoms with E-state index in [0.717, 1.165) is 89.9 Å². The third-order valence-corrected chi connectivity index (χ3v) is 14.6. The Hall–Kier alpha value is -2.89. The number of rotatable bonds is 54. The molecule has 77 heavy (non-hydrogen) atoms. The molecule has 0 spiro atoms. The summed E-state index contributed by atoms with van der Waals surface area (Å²) in [5.74, 6) is -0.197. The average molecular weight is 1080 g/mol. The number of carbonyl (C=O) groups excluding carboxylic acids is 1. The molecule has 7 unspecified atom stereocenters. The summed E-state index contributed by atoms with van der Waals surface area (Å²) in [5.41, 5.74) is 0. The van der Waals surface area contributed by atoms with E-state index < -0.39 is 49.5 Å². The molecule has 1 rings (SSSR count). The maximum Gasteiger partial charge on any atom is 0.220 e. The van der Waals surface area contributed by atoms with Crippen molar-refractivity contribution in [3.63, 3.8) is 0 Å². The van der Waals surface area contributed by atoms with Gasteiger partial charge in [-0.25, -0.2) is 0 Å². The maximum absolute atomic E-state index is 13.1. The van der Waals surface area contributed by atoms with Crippen LogP contribution in [-0.2, 0) is 14.3 Å². The van der Waals surface area contributed by atoms with Gasteiger partial charge in [-0.1, -0.05) is 278 Å². The van der Waals surface area contributed by atoms with Crippen LogP contribution in [0.15, 0.2) is 97.2 Å². The van der Waals surface area contributed by atoms with E-state index in [2.05, 4.69) is 104 Å². The number of nitrogens with one attached hydrogen (secondary N) is 1. The zero-order valence-corrected chi connectivity index (χ0v) is 49.4. The molecule has 444 valence electrons. The second-order valence-corrected chi connectivity index (χ2v) is 21.8. The second kappa shape index (κ2) is 56.4. The largest absolute Gasteiger partial charge is 0.394 e. The lowest BCUT2D eigenvalue weighted by atomic mass is 9.99. The molecule has 0 aromatic carbocycles. The molecule has 1 fully saturated rings. The minimum Gasteiger partial charge on any atom is -0.394 e. The lowest BCUT2D eigenvalue weighted by Gasteiger charge is -2.40. The first-order valence-corrected chi connectivity index (χ1v) is 32.0. The minimum absolute atomic E-state index is 0.197. The quantitative estimate of drug-likeness (QED) is 0.0261. The molecule has 7 atom stereocenters. The lowest BCUT2D eigenvalue weighted by Crippen LogP contribution is -2.60. The van der Waals surface area contributed by atoms with Crippen LogP contribution in [0.1, 0.15) is 271 Å². The van der Waals surface area contributed by atoms with Crippen LogP contribution in [0.25, 0.3) is 0 Å². The van der Waals surface area contributed by atoms with E-state index >= 15 is 0 Å². The lowest BCUT2D eigenvalue weighted by molar-refractivity contribution is -0.302. The van der Waals surface area contributed by atoms with E-state index in [1.54, 1.807) is 6.08 Å². The molecule has 0 radical (unpaired) electrons. The van der Waals surface area contributed by atoms with E-state index in [0.29, 0.717) is 6.42 Å². The van der Waals surface area contributed by atoms with E-state index in [9.17, 15) is 30.3 Å². The Morgan fingerprint density at radius 3 is 1.25 bits per heavy atom. The van der Waals surface area contributed by atoms with E-state index in [-0.39, 0.29) is 12.5 Å². The molecule has 0 aromatic heterocycles. The van der Waals surface area contributed by atoms with Crippen molar-refractivity contribution >= 4 is 5.91 Å². The summed E-state index contributed by atoms with van der Waals surface area (Å²) < 4.78 is 11.3. The number of hydrogen-bond acceptors (Lipinski definition) is 8. The zero-order chi connectivity index (χ0) is 55.8. The van der Waals surface area contributed by atoms with Gasteiger partial charge < -0.3 is 40.3 Å². The predicted molar refractivity (Wildman–Crippen MR) is 327 cm³/mol. The predicted octanol–water partition coefficient (Wildman–Crippen LogP) is 16.7. The molecule has 9 nitrogen and oxygen atoms in total. The van der Waals surface area contributed by atoms with E-state index in [1.807, 2.05) is 6.08 Å². The summed E-state index contributed by atoms with van der Waals surface area (Å²) in [6.45, 7) is 3.66. The summed E-state index contributed by atoms with van der Waals surface area (Å²) in [7, 11) is 0. The Bertz CT molecular complexity index is 1530. The number of unbranched alkanes of at least 4 members (excludes halogenated alkanes) is 30. The number of hydrogen-bond donors (Lipinski definition) is 6. The molecular formula is C68H119NO8. The van der Waals surface area contributed by atoms with Gasteiger partial charge in [-0.15, -0.1) is 0 Å². The monoisotopic (exact) mass is 1080 g/mol. The summed E-state index contributed by atoms with van der Waals surface area (Å²) >= 11 is 0. The first-order valence-electron chi connectivity index (χ1n) is 32.0. The molecule has 6 N–H and O–H groups in total. The van der Waals surface area contributed by atoms with Crippen LogP contribution < -0.4 is 5.32 Å². The van der Waals surface area contributed by atoms with Gasteiger partial charge >= 0.3 is 0 Å². The van der Waals surface area contributed by atoms with Crippen molar-refractivity contribution in [2.24, 2.45) is 0 Å². The highest BCUT2D eigenvalue weighted by Gasteiger charge is 2.44. The molecule has 1 aliphatic heterocycles. The number of amides is 1. The van der Waals surface area contributed by atoms with Gasteiger partial charge in [0.1, 0.15) is 24.4 Å². The van der Waals surface area contributed by atoms with Gasteiger partial charge in [0, 0.05) is 6.42 Å². The maximum atomic E-state index is 13.1. The first-order chi connectivity index (χ1) is 37.8. The highest BCUT2D eigenvalue weighted by atomic mass is 16.7. The van der Waals surface area contributed by atoms with Crippen molar-refractivity contribution in [3.05, 3.63) is 97.2 Å². The Labute approximate surface area is 473 Å². The normalized spacial score (nSPS) is 19.4. The Balaban J connectivity index is 2.23. The van der Waals surface area contributed by atoms with Crippen molar-refractivity contribution in [1.82, 2.24) is 5.32 Å². The Morgan fingerprint density at radius 1 is 0.455 bits per heavy atom. The molecule has 1 aliphatic rings. The van der Waals surface area contributed by atoms with Crippen LogP contribution in [0, 0.1) is 0 Å². The summed E-state index contributed by atoms with van der Waals surface area (Å²) in [6.07, 6.45) is 74.9. The molecule has 0 saturated carbocycles. The van der Waals surface area contributed by atoms with Crippen molar-refractivity contribution in [1.29, 1.82) is 0 Å².